The molecule has 0 aliphatic rings. The summed E-state index contributed by atoms with van der Waals surface area (Å²) in [6.07, 6.45) is 3.75. The molecule has 1 heterocycles. The van der Waals surface area contributed by atoms with Crippen molar-refractivity contribution in [2.45, 2.75) is 32.2 Å². The fourth-order valence-electron chi connectivity index (χ4n) is 2.40. The Morgan fingerprint density at radius 1 is 1.25 bits per heavy atom. The van der Waals surface area contributed by atoms with Crippen LogP contribution in [0.4, 0.5) is 5.82 Å². The molecule has 0 amide bonds. The number of methoxy groups -OCH3 is 1. The second-order valence-electron chi connectivity index (χ2n) is 5.06. The number of nitrogens with zero attached hydrogens (tertiary/aromatic N) is 1. The first-order valence-corrected chi connectivity index (χ1v) is 7.09. The Balaban J connectivity index is 2.44. The van der Waals surface area contributed by atoms with Crippen LogP contribution in [0, 0.1) is 0 Å². The summed E-state index contributed by atoms with van der Waals surface area (Å²) in [6, 6.07) is 8.00. The number of rotatable bonds is 6. The maximum Gasteiger partial charge on any atom is 0.134 e. The minimum Gasteiger partial charge on any atom is -0.497 e. The molecule has 0 unspecified atom stereocenters. The van der Waals surface area contributed by atoms with Gasteiger partial charge in [0.1, 0.15) is 11.6 Å². The van der Waals surface area contributed by atoms with Crippen LogP contribution in [0.5, 0.6) is 5.75 Å². The molecule has 20 heavy (non-hydrogen) atoms. The van der Waals surface area contributed by atoms with Gasteiger partial charge in [0.2, 0.25) is 0 Å². The number of fused-ring (bicyclic) bond motifs is 1. The van der Waals surface area contributed by atoms with Crippen molar-refractivity contribution in [3.63, 3.8) is 0 Å². The molecule has 0 aliphatic carbocycles. The summed E-state index contributed by atoms with van der Waals surface area (Å²) < 4.78 is 5.27. The number of aromatic nitrogens is 1. The molecule has 0 aliphatic heterocycles. The zero-order valence-corrected chi connectivity index (χ0v) is 12.4. The van der Waals surface area contributed by atoms with E-state index in [2.05, 4.69) is 24.1 Å². The lowest BCUT2D eigenvalue weighted by atomic mass is 9.92. The van der Waals surface area contributed by atoms with E-state index in [0.717, 1.165) is 35.2 Å². The van der Waals surface area contributed by atoms with E-state index >= 15 is 0 Å². The van der Waals surface area contributed by atoms with Crippen molar-refractivity contribution in [3.8, 4) is 5.75 Å². The van der Waals surface area contributed by atoms with Gasteiger partial charge in [0.15, 0.2) is 0 Å². The van der Waals surface area contributed by atoms with E-state index in [1.807, 2.05) is 30.5 Å². The number of anilines is 1. The molecule has 4 nitrogen and oxygen atoms in total. The van der Waals surface area contributed by atoms with Crippen LogP contribution >= 0.6 is 0 Å². The molecule has 1 aromatic carbocycles. The molecule has 0 fully saturated rings. The summed E-state index contributed by atoms with van der Waals surface area (Å²) >= 11 is 0. The van der Waals surface area contributed by atoms with Gasteiger partial charge in [0.25, 0.3) is 0 Å². The van der Waals surface area contributed by atoms with Crippen molar-refractivity contribution in [3.05, 3.63) is 30.5 Å². The van der Waals surface area contributed by atoms with E-state index in [-0.39, 0.29) is 5.54 Å². The summed E-state index contributed by atoms with van der Waals surface area (Å²) in [6.45, 7) is 4.89. The molecule has 0 spiro atoms. The highest BCUT2D eigenvalue weighted by atomic mass is 16.5. The van der Waals surface area contributed by atoms with E-state index in [1.165, 1.54) is 0 Å². The Hall–Kier alpha value is -1.81. The maximum absolute atomic E-state index is 5.96. The van der Waals surface area contributed by atoms with E-state index < -0.39 is 0 Å². The van der Waals surface area contributed by atoms with E-state index in [1.54, 1.807) is 7.11 Å². The topological polar surface area (TPSA) is 60.2 Å². The molecule has 4 heteroatoms. The zero-order valence-electron chi connectivity index (χ0n) is 12.4. The summed E-state index contributed by atoms with van der Waals surface area (Å²) in [5.41, 5.74) is 5.86. The lowest BCUT2D eigenvalue weighted by Crippen LogP contribution is -2.44. The number of nitrogens with two attached hydrogens (primary N) is 1. The zero-order chi connectivity index (χ0) is 14.6. The first-order chi connectivity index (χ1) is 9.68. The highest BCUT2D eigenvalue weighted by molar-refractivity contribution is 5.92. The molecule has 0 atom stereocenters. The highest BCUT2D eigenvalue weighted by Gasteiger charge is 2.25. The van der Waals surface area contributed by atoms with Crippen LogP contribution in [0.3, 0.4) is 0 Å². The van der Waals surface area contributed by atoms with Crippen LogP contribution in [0.15, 0.2) is 30.5 Å². The van der Waals surface area contributed by atoms with Crippen molar-refractivity contribution in [1.82, 2.24) is 4.98 Å². The maximum atomic E-state index is 5.96. The predicted octanol–water partition coefficient (Wildman–Crippen LogP) is 3.17. The van der Waals surface area contributed by atoms with Crippen LogP contribution in [0.2, 0.25) is 0 Å². The smallest absolute Gasteiger partial charge is 0.134 e. The van der Waals surface area contributed by atoms with Gasteiger partial charge in [-0.05, 0) is 42.5 Å². The van der Waals surface area contributed by atoms with Crippen molar-refractivity contribution >= 4 is 16.6 Å². The molecule has 2 rings (SSSR count). The van der Waals surface area contributed by atoms with Crippen LogP contribution < -0.4 is 15.8 Å². The summed E-state index contributed by atoms with van der Waals surface area (Å²) in [4.78, 5) is 4.48. The van der Waals surface area contributed by atoms with Gasteiger partial charge < -0.3 is 15.8 Å². The Morgan fingerprint density at radius 3 is 2.60 bits per heavy atom. The van der Waals surface area contributed by atoms with Crippen LogP contribution in [0.1, 0.15) is 26.7 Å². The molecular weight excluding hydrogens is 250 g/mol. The van der Waals surface area contributed by atoms with E-state index in [9.17, 15) is 0 Å². The number of hydrogen-bond donors (Lipinski definition) is 2. The molecule has 0 bridgehead atoms. The first kappa shape index (κ1) is 14.6. The minimum atomic E-state index is -0.0960. The number of benzene rings is 1. The monoisotopic (exact) mass is 273 g/mol. The van der Waals surface area contributed by atoms with Gasteiger partial charge in [0, 0.05) is 18.1 Å². The average molecular weight is 273 g/mol. The van der Waals surface area contributed by atoms with E-state index in [4.69, 9.17) is 10.5 Å². The molecule has 2 aromatic rings. The summed E-state index contributed by atoms with van der Waals surface area (Å²) in [5.74, 6) is 1.74. The van der Waals surface area contributed by atoms with Gasteiger partial charge >= 0.3 is 0 Å². The van der Waals surface area contributed by atoms with Crippen molar-refractivity contribution in [2.24, 2.45) is 5.73 Å². The summed E-state index contributed by atoms with van der Waals surface area (Å²) in [7, 11) is 1.68. The van der Waals surface area contributed by atoms with Gasteiger partial charge in [-0.25, -0.2) is 4.98 Å². The highest BCUT2D eigenvalue weighted by Crippen LogP contribution is 2.28. The number of hydrogen-bond acceptors (Lipinski definition) is 4. The quantitative estimate of drug-likeness (QED) is 0.848. The number of pyridine rings is 1. The molecule has 0 saturated heterocycles. The minimum absolute atomic E-state index is 0.0960. The second-order valence-corrected chi connectivity index (χ2v) is 5.06. The Labute approximate surface area is 120 Å². The van der Waals surface area contributed by atoms with Crippen molar-refractivity contribution in [1.29, 1.82) is 0 Å². The van der Waals surface area contributed by atoms with Gasteiger partial charge in [-0.1, -0.05) is 13.8 Å². The Bertz CT molecular complexity index is 571. The Morgan fingerprint density at radius 2 is 2.00 bits per heavy atom. The molecule has 3 N–H and O–H groups in total. The van der Waals surface area contributed by atoms with Gasteiger partial charge in [-0.3, -0.25) is 0 Å². The van der Waals surface area contributed by atoms with Gasteiger partial charge in [0.05, 0.1) is 12.6 Å². The number of ether oxygens (including phenoxy) is 1. The fraction of sp³-hybridized carbons (Fsp3) is 0.438. The lowest BCUT2D eigenvalue weighted by molar-refractivity contribution is 0.415. The molecular formula is C16H23N3O. The van der Waals surface area contributed by atoms with Crippen molar-refractivity contribution < 1.29 is 4.74 Å². The first-order valence-electron chi connectivity index (χ1n) is 7.09. The van der Waals surface area contributed by atoms with Crippen LogP contribution in [0.25, 0.3) is 10.8 Å². The van der Waals surface area contributed by atoms with Gasteiger partial charge in [-0.2, -0.15) is 0 Å². The van der Waals surface area contributed by atoms with E-state index in [0.29, 0.717) is 6.54 Å². The standard InChI is InChI=1S/C16H23N3O/c1-4-16(5-2,11-17)19-15-14-7-6-13(20-3)10-12(14)8-9-18-15/h6-10H,4-5,11,17H2,1-3H3,(H,18,19). The normalized spacial score (nSPS) is 11.6. The Kier molecular flexibility index (Phi) is 4.45. The largest absolute Gasteiger partial charge is 0.497 e. The van der Waals surface area contributed by atoms with Crippen LogP contribution in [-0.4, -0.2) is 24.2 Å². The third kappa shape index (κ3) is 2.70. The molecule has 0 saturated carbocycles. The third-order valence-electron chi connectivity index (χ3n) is 4.10. The lowest BCUT2D eigenvalue weighted by Gasteiger charge is -2.32. The van der Waals surface area contributed by atoms with Crippen molar-refractivity contribution in [2.75, 3.05) is 19.0 Å². The fourth-order valence-corrected chi connectivity index (χ4v) is 2.40. The van der Waals surface area contributed by atoms with Gasteiger partial charge in [-0.15, -0.1) is 0 Å². The molecule has 1 aromatic heterocycles. The molecule has 108 valence electrons. The third-order valence-corrected chi connectivity index (χ3v) is 4.10. The molecule has 0 radical (unpaired) electrons. The predicted molar refractivity (Wildman–Crippen MR) is 84.3 cm³/mol. The van der Waals surface area contributed by atoms with Crippen LogP contribution in [-0.2, 0) is 0 Å². The average Bonchev–Trinajstić information content (AvgIpc) is 2.52. The summed E-state index contributed by atoms with van der Waals surface area (Å²) in [5, 5.41) is 5.75. The SMILES string of the molecule is CCC(CC)(CN)Nc1nccc2cc(OC)ccc12. The second kappa shape index (κ2) is 6.09. The number of nitrogens with one attached hydrogen (secondary N) is 1.